The molecule has 5 unspecified atom stereocenters. The fourth-order valence-electron chi connectivity index (χ4n) is 7.83. The maximum absolute atomic E-state index is 14.6. The van der Waals surface area contributed by atoms with Gasteiger partial charge in [0.1, 0.15) is 35.6 Å². The molecule has 15 heteroatoms. The fraction of sp³-hybridized carbons (Fsp3) is 0.615. The topological polar surface area (TPSA) is 173 Å². The molecule has 6 rings (SSSR count). The first-order chi connectivity index (χ1) is 25.5. The van der Waals surface area contributed by atoms with Crippen LogP contribution >= 0.6 is 11.6 Å². The summed E-state index contributed by atoms with van der Waals surface area (Å²) >= 11 is 6.20. The highest BCUT2D eigenvalue weighted by Gasteiger charge is 2.63. The zero-order chi connectivity index (χ0) is 39.1. The number of pyridine rings is 1. The maximum atomic E-state index is 14.6. The lowest BCUT2D eigenvalue weighted by molar-refractivity contribution is -0.143. The van der Waals surface area contributed by atoms with E-state index in [2.05, 4.69) is 26.9 Å². The number of fused-ring (bicyclic) bond motifs is 1. The predicted octanol–water partition coefficient (Wildman–Crippen LogP) is 5.55. The molecule has 1 aromatic heterocycles. The van der Waals surface area contributed by atoms with Crippen LogP contribution in [-0.4, -0.2) is 83.2 Å². The molecule has 4 amide bonds. The summed E-state index contributed by atoms with van der Waals surface area (Å²) in [5, 5.41) is 6.82. The lowest BCUT2D eigenvalue weighted by atomic mass is 9.85. The molecule has 1 saturated heterocycles. The third-order valence-electron chi connectivity index (χ3n) is 11.4. The van der Waals surface area contributed by atoms with Crippen molar-refractivity contribution in [1.82, 2.24) is 25.2 Å². The molecule has 3 aliphatic carbocycles. The van der Waals surface area contributed by atoms with E-state index in [4.69, 9.17) is 21.1 Å². The molecule has 0 radical (unpaired) electrons. The van der Waals surface area contributed by atoms with Crippen molar-refractivity contribution in [2.45, 2.75) is 133 Å². The first kappa shape index (κ1) is 39.8. The van der Waals surface area contributed by atoms with E-state index in [9.17, 15) is 27.6 Å². The van der Waals surface area contributed by atoms with Gasteiger partial charge >= 0.3 is 6.09 Å². The molecular formula is C39H52ClN5O8S. The van der Waals surface area contributed by atoms with Gasteiger partial charge in [0.2, 0.25) is 21.8 Å². The second-order valence-electron chi connectivity index (χ2n) is 16.4. The fourth-order valence-corrected chi connectivity index (χ4v) is 9.69. The number of carbonyl (C=O) groups is 4. The Morgan fingerprint density at radius 3 is 2.48 bits per heavy atom. The first-order valence-electron chi connectivity index (χ1n) is 19.0. The minimum Gasteiger partial charge on any atom is -0.488 e. The van der Waals surface area contributed by atoms with E-state index >= 15 is 0 Å². The zero-order valence-electron chi connectivity index (χ0n) is 31.5. The number of benzene rings is 1. The van der Waals surface area contributed by atoms with Gasteiger partial charge in [0.05, 0.1) is 16.8 Å². The molecule has 13 nitrogen and oxygen atoms in total. The lowest BCUT2D eigenvalue weighted by Crippen LogP contribution is -2.60. The zero-order valence-corrected chi connectivity index (χ0v) is 33.1. The number of halogens is 1. The van der Waals surface area contributed by atoms with E-state index in [0.29, 0.717) is 47.4 Å². The van der Waals surface area contributed by atoms with Crippen molar-refractivity contribution >= 4 is 56.3 Å². The number of nitrogens with zero attached hydrogens (tertiary/aromatic N) is 2. The number of sulfonamides is 1. The number of hydrogen-bond acceptors (Lipinski definition) is 9. The molecule has 294 valence electrons. The van der Waals surface area contributed by atoms with Crippen molar-refractivity contribution in [1.29, 1.82) is 0 Å². The molecule has 0 spiro atoms. The Morgan fingerprint density at radius 1 is 1.13 bits per heavy atom. The van der Waals surface area contributed by atoms with Gasteiger partial charge in [0.25, 0.3) is 5.91 Å². The third kappa shape index (κ3) is 8.19. The van der Waals surface area contributed by atoms with Crippen LogP contribution in [0.2, 0.25) is 5.02 Å². The standard InChI is InChI=1S/C39H52ClN5O8S/c1-6-8-16-38(17-18-38)54(50,51)44-35(48)39(22-24(39)7-2)43-33(46)30-21-27(52-31-15-19-41-29-20-25(40)13-14-28(29)31)23-45(30)34(47)32(37(3,4)5)42-36(49)53-26-11-9-10-12-26/h7,13-15,19-20,24,26-27,30,32H,2,6,8-12,16-18,21-23H2,1,3-5H3,(H,42,49)(H,43,46)(H,44,48). The van der Waals surface area contributed by atoms with Crippen LogP contribution in [0.5, 0.6) is 5.75 Å². The average molecular weight is 786 g/mol. The molecule has 1 aromatic carbocycles. The van der Waals surface area contributed by atoms with Crippen LogP contribution in [0.3, 0.4) is 0 Å². The molecule has 5 atom stereocenters. The highest BCUT2D eigenvalue weighted by atomic mass is 35.5. The molecular weight excluding hydrogens is 734 g/mol. The quantitative estimate of drug-likeness (QED) is 0.208. The van der Waals surface area contributed by atoms with Crippen LogP contribution in [0, 0.1) is 11.3 Å². The van der Waals surface area contributed by atoms with Gasteiger partial charge in [-0.05, 0) is 81.0 Å². The Hall–Kier alpha value is -3.91. The lowest BCUT2D eigenvalue weighted by Gasteiger charge is -2.35. The number of rotatable bonds is 14. The second kappa shape index (κ2) is 15.3. The summed E-state index contributed by atoms with van der Waals surface area (Å²) in [6.45, 7) is 11.2. The summed E-state index contributed by atoms with van der Waals surface area (Å²) in [5.74, 6) is -2.03. The van der Waals surface area contributed by atoms with Gasteiger partial charge < -0.3 is 25.0 Å². The monoisotopic (exact) mass is 785 g/mol. The minimum absolute atomic E-state index is 0.0152. The smallest absolute Gasteiger partial charge is 0.408 e. The van der Waals surface area contributed by atoms with Gasteiger partial charge in [-0.3, -0.25) is 24.1 Å². The van der Waals surface area contributed by atoms with Crippen molar-refractivity contribution < 1.29 is 37.1 Å². The van der Waals surface area contributed by atoms with Crippen LogP contribution in [-0.2, 0) is 29.1 Å². The number of nitrogens with one attached hydrogen (secondary N) is 3. The van der Waals surface area contributed by atoms with Gasteiger partial charge in [-0.15, -0.1) is 6.58 Å². The average Bonchev–Trinajstić information content (AvgIpc) is 3.94. The highest BCUT2D eigenvalue weighted by Crippen LogP contribution is 2.49. The number of unbranched alkanes of at least 4 members (excludes halogenated alkanes) is 1. The second-order valence-corrected chi connectivity index (χ2v) is 18.9. The number of hydrogen-bond donors (Lipinski definition) is 3. The molecule has 1 aliphatic heterocycles. The summed E-state index contributed by atoms with van der Waals surface area (Å²) in [5.41, 5.74) is -1.75. The van der Waals surface area contributed by atoms with Crippen LogP contribution < -0.4 is 20.1 Å². The van der Waals surface area contributed by atoms with Crippen LogP contribution in [0.15, 0.2) is 43.1 Å². The third-order valence-corrected chi connectivity index (χ3v) is 13.8. The molecule has 0 bridgehead atoms. The summed E-state index contributed by atoms with van der Waals surface area (Å²) in [4.78, 5) is 61.7. The molecule has 2 aromatic rings. The minimum atomic E-state index is -4.02. The summed E-state index contributed by atoms with van der Waals surface area (Å²) in [6, 6.07) is 4.69. The Bertz CT molecular complexity index is 1910. The predicted molar refractivity (Wildman–Crippen MR) is 204 cm³/mol. The SMILES string of the molecule is C=CC1CC1(NC(=O)C1CC(Oc2ccnc3cc(Cl)ccc23)CN1C(=O)C(NC(=O)OC1CCCC1)C(C)(C)C)C(=O)NS(=O)(=O)C1(CCCC)CC1. The maximum Gasteiger partial charge on any atom is 0.408 e. The summed E-state index contributed by atoms with van der Waals surface area (Å²) < 4.78 is 40.4. The normalized spacial score (nSPS) is 25.4. The van der Waals surface area contributed by atoms with E-state index in [1.54, 1.807) is 30.5 Å². The van der Waals surface area contributed by atoms with Gasteiger partial charge in [0, 0.05) is 28.9 Å². The molecule has 54 heavy (non-hydrogen) atoms. The molecule has 3 saturated carbocycles. The van der Waals surface area contributed by atoms with Gasteiger partial charge in [-0.1, -0.05) is 58.2 Å². The van der Waals surface area contributed by atoms with Gasteiger partial charge in [0.15, 0.2) is 0 Å². The van der Waals surface area contributed by atoms with Crippen molar-refractivity contribution in [3.05, 3.63) is 48.1 Å². The molecule has 2 heterocycles. The Morgan fingerprint density at radius 2 is 1.85 bits per heavy atom. The van der Waals surface area contributed by atoms with Gasteiger partial charge in [-0.2, -0.15) is 0 Å². The van der Waals surface area contributed by atoms with E-state index < -0.39 is 73.6 Å². The van der Waals surface area contributed by atoms with Crippen molar-refractivity contribution in [2.24, 2.45) is 11.3 Å². The van der Waals surface area contributed by atoms with E-state index in [0.717, 1.165) is 32.1 Å². The van der Waals surface area contributed by atoms with Crippen molar-refractivity contribution in [2.75, 3.05) is 6.54 Å². The largest absolute Gasteiger partial charge is 0.488 e. The number of carbonyl (C=O) groups excluding carboxylic acids is 4. The Kier molecular flexibility index (Phi) is 11.3. The van der Waals surface area contributed by atoms with E-state index in [1.165, 1.54) is 11.0 Å². The summed E-state index contributed by atoms with van der Waals surface area (Å²) in [6.07, 6.45) is 8.06. The molecule has 3 N–H and O–H groups in total. The Labute approximate surface area is 322 Å². The first-order valence-corrected chi connectivity index (χ1v) is 20.9. The van der Waals surface area contributed by atoms with Crippen LogP contribution in [0.4, 0.5) is 4.79 Å². The number of amides is 4. The van der Waals surface area contributed by atoms with Crippen molar-refractivity contribution in [3.8, 4) is 5.75 Å². The number of aromatic nitrogens is 1. The van der Waals surface area contributed by atoms with E-state index in [1.807, 2.05) is 27.7 Å². The van der Waals surface area contributed by atoms with Crippen LogP contribution in [0.25, 0.3) is 10.9 Å². The number of ether oxygens (including phenoxy) is 2. The highest BCUT2D eigenvalue weighted by molar-refractivity contribution is 7.91. The van der Waals surface area contributed by atoms with E-state index in [-0.39, 0.29) is 25.5 Å². The number of likely N-dealkylation sites (tertiary alicyclic amines) is 1. The van der Waals surface area contributed by atoms with Crippen molar-refractivity contribution in [3.63, 3.8) is 0 Å². The molecule has 4 aliphatic rings. The number of alkyl carbamates (subject to hydrolysis) is 1. The summed E-state index contributed by atoms with van der Waals surface area (Å²) in [7, 11) is -4.02. The Balaban J connectivity index is 1.26. The molecule has 4 fully saturated rings. The van der Waals surface area contributed by atoms with Gasteiger partial charge in [-0.25, -0.2) is 13.2 Å². The van der Waals surface area contributed by atoms with Crippen LogP contribution in [0.1, 0.15) is 98.3 Å².